The van der Waals surface area contributed by atoms with Gasteiger partial charge in [0.15, 0.2) is 11.7 Å². The molecule has 0 saturated carbocycles. The Morgan fingerprint density at radius 1 is 1.02 bits per heavy atom. The molecule has 0 bridgehead atoms. The van der Waals surface area contributed by atoms with Crippen molar-refractivity contribution in [3.05, 3.63) is 113 Å². The number of hydrogen-bond acceptors (Lipinski definition) is 6. The lowest BCUT2D eigenvalue weighted by Crippen LogP contribution is -2.45. The Morgan fingerprint density at radius 2 is 1.74 bits per heavy atom. The van der Waals surface area contributed by atoms with Gasteiger partial charge in [0.05, 0.1) is 24.4 Å². The van der Waals surface area contributed by atoms with Gasteiger partial charge in [-0.25, -0.2) is 10.2 Å². The number of nitrogens with one attached hydrogen (secondary N) is 3. The van der Waals surface area contributed by atoms with Crippen LogP contribution in [0.2, 0.25) is 0 Å². The summed E-state index contributed by atoms with van der Waals surface area (Å²) in [5.41, 5.74) is 8.47. The molecule has 3 aromatic carbocycles. The Balaban J connectivity index is 1.29. The zero-order valence-corrected chi connectivity index (χ0v) is 25.0. The number of amides is 1. The van der Waals surface area contributed by atoms with Gasteiger partial charge in [0, 0.05) is 40.0 Å². The van der Waals surface area contributed by atoms with Crippen LogP contribution < -0.4 is 20.8 Å². The number of para-hydroxylation sites is 2. The molecule has 0 fully saturated rings. The van der Waals surface area contributed by atoms with Crippen LogP contribution in [-0.2, 0) is 20.9 Å². The highest BCUT2D eigenvalue weighted by Crippen LogP contribution is 2.33. The number of nitrogens with zero attached hydrogens (tertiary/aromatic N) is 2. The topological polar surface area (TPSA) is 106 Å². The number of hydrogen-bond donors (Lipinski definition) is 3. The summed E-state index contributed by atoms with van der Waals surface area (Å²) in [6.45, 7) is 6.24. The lowest BCUT2D eigenvalue weighted by Gasteiger charge is -2.30. The number of aromatic nitrogens is 1. The van der Waals surface area contributed by atoms with Gasteiger partial charge in [0.25, 0.3) is 5.91 Å². The van der Waals surface area contributed by atoms with Gasteiger partial charge in [-0.3, -0.25) is 4.79 Å². The predicted molar refractivity (Wildman–Crippen MR) is 171 cm³/mol. The van der Waals surface area contributed by atoms with Crippen molar-refractivity contribution >= 4 is 46.3 Å². The van der Waals surface area contributed by atoms with Crippen LogP contribution in [0.15, 0.2) is 95.2 Å². The first-order valence-electron chi connectivity index (χ1n) is 14.0. The normalized spacial score (nSPS) is 14.9. The Labute approximate surface area is 255 Å². The Kier molecular flexibility index (Phi) is 9.17. The average Bonchev–Trinajstić information content (AvgIpc) is 3.26. The molecule has 1 aromatic heterocycles. The number of rotatable bonds is 10. The van der Waals surface area contributed by atoms with E-state index in [9.17, 15) is 9.59 Å². The summed E-state index contributed by atoms with van der Waals surface area (Å²) in [6.07, 6.45) is 1.67. The number of ether oxygens (including phenoxy) is 2. The molecule has 220 valence electrons. The van der Waals surface area contributed by atoms with Crippen molar-refractivity contribution in [3.63, 3.8) is 0 Å². The third kappa shape index (κ3) is 6.60. The molecule has 1 atom stereocenters. The van der Waals surface area contributed by atoms with Gasteiger partial charge in [-0.2, -0.15) is 5.10 Å². The van der Waals surface area contributed by atoms with Crippen LogP contribution >= 0.6 is 12.2 Å². The molecule has 1 amide bonds. The van der Waals surface area contributed by atoms with Crippen LogP contribution in [-0.4, -0.2) is 41.0 Å². The smallest absolute Gasteiger partial charge is 0.338 e. The van der Waals surface area contributed by atoms with E-state index in [0.29, 0.717) is 27.7 Å². The van der Waals surface area contributed by atoms with E-state index >= 15 is 0 Å². The number of thiocarbonyl (C=S) groups is 1. The Bertz CT molecular complexity index is 1730. The van der Waals surface area contributed by atoms with Crippen molar-refractivity contribution in [2.75, 3.05) is 13.2 Å². The number of carbonyl (C=O) groups is 2. The van der Waals surface area contributed by atoms with E-state index in [1.54, 1.807) is 32.2 Å². The van der Waals surface area contributed by atoms with Gasteiger partial charge in [0.1, 0.15) is 5.75 Å². The zero-order valence-electron chi connectivity index (χ0n) is 24.2. The van der Waals surface area contributed by atoms with Gasteiger partial charge in [0.2, 0.25) is 0 Å². The first-order chi connectivity index (χ1) is 20.9. The van der Waals surface area contributed by atoms with Gasteiger partial charge in [-0.1, -0.05) is 66.7 Å². The molecule has 9 nitrogen and oxygen atoms in total. The van der Waals surface area contributed by atoms with E-state index in [1.807, 2.05) is 55.5 Å². The van der Waals surface area contributed by atoms with Crippen molar-refractivity contribution in [3.8, 4) is 5.75 Å². The number of hydrazone groups is 1. The van der Waals surface area contributed by atoms with E-state index in [0.717, 1.165) is 28.7 Å². The molecule has 43 heavy (non-hydrogen) atoms. The summed E-state index contributed by atoms with van der Waals surface area (Å²) < 4.78 is 13.4. The largest absolute Gasteiger partial charge is 0.483 e. The molecule has 0 radical (unpaired) electrons. The maximum Gasteiger partial charge on any atom is 0.338 e. The zero-order chi connectivity index (χ0) is 30.3. The summed E-state index contributed by atoms with van der Waals surface area (Å²) in [7, 11) is 0. The minimum absolute atomic E-state index is 0.235. The quantitative estimate of drug-likeness (QED) is 0.104. The second-order valence-corrected chi connectivity index (χ2v) is 10.4. The minimum atomic E-state index is -0.610. The molecular weight excluding hydrogens is 562 g/mol. The summed E-state index contributed by atoms with van der Waals surface area (Å²) >= 11 is 5.34. The lowest BCUT2D eigenvalue weighted by molar-refractivity contribution is -0.139. The van der Waals surface area contributed by atoms with Crippen LogP contribution in [0.5, 0.6) is 5.75 Å². The molecule has 0 aliphatic carbocycles. The summed E-state index contributed by atoms with van der Waals surface area (Å²) in [5.74, 6) is -0.462. The van der Waals surface area contributed by atoms with Crippen molar-refractivity contribution < 1.29 is 19.1 Å². The van der Waals surface area contributed by atoms with Crippen LogP contribution in [0.4, 0.5) is 0 Å². The number of carbonyl (C=O) groups excluding carboxylic acids is 2. The van der Waals surface area contributed by atoms with Crippen LogP contribution in [0.3, 0.4) is 0 Å². The maximum absolute atomic E-state index is 12.8. The fraction of sp³-hybridized carbons (Fsp3) is 0.212. The third-order valence-electron chi connectivity index (χ3n) is 7.20. The van der Waals surface area contributed by atoms with E-state index in [4.69, 9.17) is 21.7 Å². The van der Waals surface area contributed by atoms with E-state index in [1.165, 1.54) is 5.56 Å². The first-order valence-corrected chi connectivity index (χ1v) is 14.4. The van der Waals surface area contributed by atoms with Gasteiger partial charge >= 0.3 is 5.97 Å². The van der Waals surface area contributed by atoms with Crippen molar-refractivity contribution in [2.45, 2.75) is 33.4 Å². The molecule has 2 heterocycles. The molecule has 1 aliphatic rings. The van der Waals surface area contributed by atoms with Crippen molar-refractivity contribution in [1.29, 1.82) is 0 Å². The lowest BCUT2D eigenvalue weighted by atomic mass is 9.95. The third-order valence-corrected chi connectivity index (χ3v) is 7.42. The highest BCUT2D eigenvalue weighted by Gasteiger charge is 2.32. The molecule has 4 aromatic rings. The molecule has 0 spiro atoms. The molecule has 10 heteroatoms. The van der Waals surface area contributed by atoms with Gasteiger partial charge in [-0.15, -0.1) is 0 Å². The van der Waals surface area contributed by atoms with E-state index in [-0.39, 0.29) is 13.2 Å². The number of benzene rings is 3. The van der Waals surface area contributed by atoms with Crippen LogP contribution in [0.1, 0.15) is 42.3 Å². The molecular formula is C33H33N5O4S. The summed E-state index contributed by atoms with van der Waals surface area (Å²) in [5, 5.41) is 11.8. The standard InChI is InChI=1S/C33H33N5O4S/c1-4-41-32(40)30-21(2)35-33(43)36-31(30)25-15-9-11-17-28(25)42-20-29(39)37-34-18-26-22(3)38(19-23-12-6-5-7-13-23)27-16-10-8-14-24(26)27/h5-18,31H,4,19-20H2,1-3H3,(H,37,39)(H2,35,36,43)/t31-/m0/s1. The maximum atomic E-state index is 12.8. The first kappa shape index (κ1) is 29.5. The number of fused-ring (bicyclic) bond motifs is 1. The Morgan fingerprint density at radius 3 is 2.53 bits per heavy atom. The van der Waals surface area contributed by atoms with Gasteiger partial charge < -0.3 is 24.7 Å². The molecule has 0 unspecified atom stereocenters. The number of allylic oxidation sites excluding steroid dienone is 1. The fourth-order valence-corrected chi connectivity index (χ4v) is 5.46. The van der Waals surface area contributed by atoms with E-state index < -0.39 is 17.9 Å². The summed E-state index contributed by atoms with van der Waals surface area (Å²) in [4.78, 5) is 25.6. The fourth-order valence-electron chi connectivity index (χ4n) is 5.19. The highest BCUT2D eigenvalue weighted by atomic mass is 32.1. The second kappa shape index (κ2) is 13.3. The van der Waals surface area contributed by atoms with Gasteiger partial charge in [-0.05, 0) is 50.7 Å². The highest BCUT2D eigenvalue weighted by molar-refractivity contribution is 7.80. The van der Waals surface area contributed by atoms with E-state index in [2.05, 4.69) is 43.9 Å². The molecule has 0 saturated heterocycles. The summed E-state index contributed by atoms with van der Waals surface area (Å²) in [6, 6.07) is 25.0. The van der Waals surface area contributed by atoms with Crippen LogP contribution in [0.25, 0.3) is 10.9 Å². The SMILES string of the molecule is CCOC(=O)C1=C(C)NC(=S)N[C@H]1c1ccccc1OCC(=O)NN=Cc1c(C)n(Cc2ccccc2)c2ccccc12. The average molecular weight is 596 g/mol. The minimum Gasteiger partial charge on any atom is -0.483 e. The van der Waals surface area contributed by atoms with Crippen LogP contribution in [0, 0.1) is 6.92 Å². The number of esters is 1. The van der Waals surface area contributed by atoms with Crippen molar-refractivity contribution in [2.24, 2.45) is 5.10 Å². The molecule has 1 aliphatic heterocycles. The predicted octanol–water partition coefficient (Wildman–Crippen LogP) is 4.88. The molecule has 5 rings (SSSR count). The van der Waals surface area contributed by atoms with Crippen molar-refractivity contribution in [1.82, 2.24) is 20.6 Å². The Hall–Kier alpha value is -4.96. The molecule has 3 N–H and O–H groups in total. The second-order valence-electron chi connectivity index (χ2n) is 10.00. The monoisotopic (exact) mass is 595 g/mol.